The number of aryl methyl sites for hydroxylation is 2. The van der Waals surface area contributed by atoms with Gasteiger partial charge in [-0.2, -0.15) is 0 Å². The van der Waals surface area contributed by atoms with E-state index in [0.717, 1.165) is 27.5 Å². The summed E-state index contributed by atoms with van der Waals surface area (Å²) in [5, 5.41) is 3.66. The summed E-state index contributed by atoms with van der Waals surface area (Å²) in [6, 6.07) is 15.8. The van der Waals surface area contributed by atoms with E-state index < -0.39 is 10.0 Å². The summed E-state index contributed by atoms with van der Waals surface area (Å²) in [5.41, 5.74) is 2.97. The third-order valence-corrected chi connectivity index (χ3v) is 7.44. The number of pyridine rings is 1. The van der Waals surface area contributed by atoms with Crippen LogP contribution in [0.15, 0.2) is 75.6 Å². The minimum Gasteiger partial charge on any atom is -0.350 e. The molecule has 0 saturated heterocycles. The highest BCUT2D eigenvalue weighted by atomic mass is 32.2. The fourth-order valence-electron chi connectivity index (χ4n) is 2.79. The number of aromatic nitrogens is 1. The van der Waals surface area contributed by atoms with Crippen LogP contribution in [-0.2, 0) is 10.0 Å². The molecule has 2 N–H and O–H groups in total. The monoisotopic (exact) mass is 469 g/mol. The van der Waals surface area contributed by atoms with E-state index in [2.05, 4.69) is 15.0 Å². The fourth-order valence-corrected chi connectivity index (χ4v) is 4.69. The van der Waals surface area contributed by atoms with Gasteiger partial charge in [0.2, 0.25) is 0 Å². The van der Waals surface area contributed by atoms with Gasteiger partial charge in [0.15, 0.2) is 0 Å². The van der Waals surface area contributed by atoms with E-state index in [9.17, 15) is 13.2 Å². The lowest BCUT2D eigenvalue weighted by atomic mass is 10.1. The van der Waals surface area contributed by atoms with Crippen LogP contribution in [0.5, 0.6) is 0 Å². The second-order valence-electron chi connectivity index (χ2n) is 7.65. The third-order valence-electron chi connectivity index (χ3n) is 5.11. The van der Waals surface area contributed by atoms with E-state index >= 15 is 0 Å². The first-order valence-electron chi connectivity index (χ1n) is 10.3. The molecule has 1 aromatic heterocycles. The lowest BCUT2D eigenvalue weighted by molar-refractivity contribution is 0.0939. The van der Waals surface area contributed by atoms with Gasteiger partial charge in [-0.05, 0) is 86.8 Å². The summed E-state index contributed by atoms with van der Waals surface area (Å²) < 4.78 is 27.9. The molecule has 8 heteroatoms. The summed E-state index contributed by atoms with van der Waals surface area (Å²) in [4.78, 5) is 17.7. The Morgan fingerprint density at radius 3 is 2.34 bits per heavy atom. The fraction of sp³-hybridized carbons (Fsp3) is 0.250. The standard InChI is InChI=1S/C24H27N3O3S2/c1-5-18(4)26-24(28)19-7-13-23(25-15-19)31-21-10-8-20(9-11-21)27-32(29,30)22-12-6-16(2)17(3)14-22/h6-15,18,27H,5H2,1-4H3,(H,26,28)/t18-/m1/s1. The normalized spacial score (nSPS) is 12.2. The summed E-state index contributed by atoms with van der Waals surface area (Å²) >= 11 is 1.43. The number of amides is 1. The molecule has 0 fully saturated rings. The Morgan fingerprint density at radius 1 is 1.03 bits per heavy atom. The second-order valence-corrected chi connectivity index (χ2v) is 10.4. The molecule has 0 aliphatic carbocycles. The van der Waals surface area contributed by atoms with Gasteiger partial charge in [-0.1, -0.05) is 24.8 Å². The van der Waals surface area contributed by atoms with Gasteiger partial charge in [0, 0.05) is 22.8 Å². The average Bonchev–Trinajstić information content (AvgIpc) is 2.77. The smallest absolute Gasteiger partial charge is 0.261 e. The number of hydrogen-bond donors (Lipinski definition) is 2. The maximum atomic E-state index is 12.7. The number of carbonyl (C=O) groups is 1. The van der Waals surface area contributed by atoms with E-state index in [0.29, 0.717) is 11.3 Å². The molecule has 168 valence electrons. The van der Waals surface area contributed by atoms with E-state index in [1.165, 1.54) is 11.8 Å². The predicted octanol–water partition coefficient (Wildman–Crippen LogP) is 5.18. The van der Waals surface area contributed by atoms with Crippen LogP contribution in [0.25, 0.3) is 0 Å². The Balaban J connectivity index is 1.64. The van der Waals surface area contributed by atoms with E-state index in [4.69, 9.17) is 0 Å². The zero-order valence-electron chi connectivity index (χ0n) is 18.5. The van der Waals surface area contributed by atoms with Gasteiger partial charge < -0.3 is 5.32 Å². The van der Waals surface area contributed by atoms with Gasteiger partial charge >= 0.3 is 0 Å². The third kappa shape index (κ3) is 6.11. The van der Waals surface area contributed by atoms with Crippen LogP contribution in [0.1, 0.15) is 41.8 Å². The molecule has 1 atom stereocenters. The molecule has 0 spiro atoms. The largest absolute Gasteiger partial charge is 0.350 e. The minimum atomic E-state index is -3.66. The van der Waals surface area contributed by atoms with Crippen LogP contribution in [-0.4, -0.2) is 25.4 Å². The number of nitrogens with one attached hydrogen (secondary N) is 2. The lowest BCUT2D eigenvalue weighted by Crippen LogP contribution is -2.31. The number of anilines is 1. The van der Waals surface area contributed by atoms with Crippen LogP contribution in [0, 0.1) is 13.8 Å². The van der Waals surface area contributed by atoms with Crippen molar-refractivity contribution in [2.24, 2.45) is 0 Å². The van der Waals surface area contributed by atoms with Crippen molar-refractivity contribution < 1.29 is 13.2 Å². The molecule has 0 saturated carbocycles. The van der Waals surface area contributed by atoms with Crippen LogP contribution in [0.3, 0.4) is 0 Å². The molecule has 0 aliphatic rings. The second kappa shape index (κ2) is 10.2. The molecule has 0 aliphatic heterocycles. The number of sulfonamides is 1. The minimum absolute atomic E-state index is 0.113. The highest BCUT2D eigenvalue weighted by molar-refractivity contribution is 7.99. The predicted molar refractivity (Wildman–Crippen MR) is 129 cm³/mol. The number of benzene rings is 2. The van der Waals surface area contributed by atoms with Crippen LogP contribution < -0.4 is 10.0 Å². The Labute approximate surface area is 193 Å². The number of carbonyl (C=O) groups excluding carboxylic acids is 1. The first-order chi connectivity index (χ1) is 15.2. The molecule has 3 aromatic rings. The van der Waals surface area contributed by atoms with Gasteiger partial charge in [0.05, 0.1) is 10.5 Å². The highest BCUT2D eigenvalue weighted by Gasteiger charge is 2.15. The molecule has 1 amide bonds. The van der Waals surface area contributed by atoms with Crippen molar-refractivity contribution in [3.05, 3.63) is 77.5 Å². The van der Waals surface area contributed by atoms with E-state index in [-0.39, 0.29) is 16.8 Å². The summed E-state index contributed by atoms with van der Waals surface area (Å²) in [6.07, 6.45) is 2.43. The first kappa shape index (κ1) is 23.8. The molecule has 0 radical (unpaired) electrons. The molecule has 0 bridgehead atoms. The zero-order chi connectivity index (χ0) is 23.3. The molecule has 0 unspecified atom stereocenters. The van der Waals surface area contributed by atoms with Crippen molar-refractivity contribution in [3.8, 4) is 0 Å². The number of hydrogen-bond acceptors (Lipinski definition) is 5. The molecule has 1 heterocycles. The average molecular weight is 470 g/mol. The Morgan fingerprint density at radius 2 is 1.75 bits per heavy atom. The van der Waals surface area contributed by atoms with Gasteiger partial charge in [-0.15, -0.1) is 0 Å². The van der Waals surface area contributed by atoms with Crippen molar-refractivity contribution in [1.82, 2.24) is 10.3 Å². The maximum Gasteiger partial charge on any atom is 0.261 e. The maximum absolute atomic E-state index is 12.7. The molecular formula is C24H27N3O3S2. The van der Waals surface area contributed by atoms with Gasteiger partial charge in [0.1, 0.15) is 5.03 Å². The zero-order valence-corrected chi connectivity index (χ0v) is 20.2. The molecule has 32 heavy (non-hydrogen) atoms. The summed E-state index contributed by atoms with van der Waals surface area (Å²) in [7, 11) is -3.66. The van der Waals surface area contributed by atoms with Gasteiger partial charge in [-0.25, -0.2) is 13.4 Å². The van der Waals surface area contributed by atoms with Crippen molar-refractivity contribution in [2.75, 3.05) is 4.72 Å². The molecular weight excluding hydrogens is 442 g/mol. The lowest BCUT2D eigenvalue weighted by Gasteiger charge is -2.11. The number of rotatable bonds is 8. The van der Waals surface area contributed by atoms with Crippen molar-refractivity contribution in [1.29, 1.82) is 0 Å². The highest BCUT2D eigenvalue weighted by Crippen LogP contribution is 2.28. The van der Waals surface area contributed by atoms with Gasteiger partial charge in [0.25, 0.3) is 15.9 Å². The molecule has 2 aromatic carbocycles. The van der Waals surface area contributed by atoms with Crippen LogP contribution in [0.2, 0.25) is 0 Å². The topological polar surface area (TPSA) is 88.2 Å². The van der Waals surface area contributed by atoms with Crippen LogP contribution in [0.4, 0.5) is 5.69 Å². The Hall–Kier alpha value is -2.84. The Bertz CT molecular complexity index is 1190. The van der Waals surface area contributed by atoms with Crippen molar-refractivity contribution in [2.45, 2.75) is 55.0 Å². The Kier molecular flexibility index (Phi) is 7.58. The quantitative estimate of drug-likeness (QED) is 0.475. The van der Waals surface area contributed by atoms with Crippen molar-refractivity contribution in [3.63, 3.8) is 0 Å². The van der Waals surface area contributed by atoms with E-state index in [1.54, 1.807) is 48.7 Å². The summed E-state index contributed by atoms with van der Waals surface area (Å²) in [6.45, 7) is 7.81. The number of nitrogens with zero attached hydrogens (tertiary/aromatic N) is 1. The van der Waals surface area contributed by atoms with Gasteiger partial charge in [-0.3, -0.25) is 9.52 Å². The van der Waals surface area contributed by atoms with Crippen molar-refractivity contribution >= 4 is 33.4 Å². The molecule has 6 nitrogen and oxygen atoms in total. The SMILES string of the molecule is CC[C@@H](C)NC(=O)c1ccc(Sc2ccc(NS(=O)(=O)c3ccc(C)c(C)c3)cc2)nc1. The molecule has 3 rings (SSSR count). The summed E-state index contributed by atoms with van der Waals surface area (Å²) in [5.74, 6) is -0.135. The van der Waals surface area contributed by atoms with E-state index in [1.807, 2.05) is 39.8 Å². The van der Waals surface area contributed by atoms with Crippen LogP contribution >= 0.6 is 11.8 Å². The first-order valence-corrected chi connectivity index (χ1v) is 12.6.